The van der Waals surface area contributed by atoms with Crippen molar-refractivity contribution >= 4 is 10.0 Å². The molecular weight excluding hydrogens is 350 g/mol. The molecule has 2 aromatic rings. The second-order valence-corrected chi connectivity index (χ2v) is 9.24. The fourth-order valence-corrected chi connectivity index (χ4v) is 4.56. The van der Waals surface area contributed by atoms with Crippen LogP contribution in [0.2, 0.25) is 0 Å². The topological polar surface area (TPSA) is 73.2 Å². The zero-order chi connectivity index (χ0) is 18.9. The molecule has 1 heterocycles. The molecule has 0 radical (unpaired) electrons. The first-order chi connectivity index (χ1) is 12.2. The summed E-state index contributed by atoms with van der Waals surface area (Å²) >= 11 is 0. The summed E-state index contributed by atoms with van der Waals surface area (Å²) in [4.78, 5) is 0. The molecule has 1 aromatic heterocycles. The molecule has 1 aromatic carbocycles. The predicted octanol–water partition coefficient (Wildman–Crippen LogP) is 3.00. The molecule has 1 aliphatic carbocycles. The van der Waals surface area contributed by atoms with E-state index >= 15 is 0 Å². The number of rotatable bonds is 6. The Morgan fingerprint density at radius 3 is 2.69 bits per heavy atom. The number of nitrogens with zero attached hydrogens (tertiary/aromatic N) is 2. The van der Waals surface area contributed by atoms with E-state index in [1.165, 1.54) is 6.08 Å². The van der Waals surface area contributed by atoms with E-state index in [1.807, 2.05) is 28.9 Å². The third-order valence-electron chi connectivity index (χ3n) is 4.66. The first kappa shape index (κ1) is 18.7. The number of methoxy groups -OCH3 is 1. The van der Waals surface area contributed by atoms with E-state index < -0.39 is 10.0 Å². The highest BCUT2D eigenvalue weighted by atomic mass is 32.2. The van der Waals surface area contributed by atoms with Crippen molar-refractivity contribution in [1.82, 2.24) is 14.5 Å². The number of sulfonamides is 1. The Balaban J connectivity index is 2.00. The minimum absolute atomic E-state index is 0.0430. The van der Waals surface area contributed by atoms with Crippen LogP contribution in [0.4, 0.5) is 0 Å². The average Bonchev–Trinajstić information content (AvgIpc) is 2.97. The lowest BCUT2D eigenvalue weighted by Gasteiger charge is -2.35. The molecule has 1 N–H and O–H groups in total. The Hall–Kier alpha value is -2.12. The van der Waals surface area contributed by atoms with Gasteiger partial charge in [0.2, 0.25) is 10.0 Å². The lowest BCUT2D eigenvalue weighted by atomic mass is 9.74. The van der Waals surface area contributed by atoms with E-state index in [4.69, 9.17) is 4.74 Å². The lowest BCUT2D eigenvalue weighted by Crippen LogP contribution is -2.37. The molecule has 26 heavy (non-hydrogen) atoms. The van der Waals surface area contributed by atoms with Gasteiger partial charge in [0.25, 0.3) is 0 Å². The van der Waals surface area contributed by atoms with Gasteiger partial charge in [-0.15, -0.1) is 6.58 Å². The van der Waals surface area contributed by atoms with E-state index in [-0.39, 0.29) is 17.2 Å². The van der Waals surface area contributed by atoms with E-state index in [1.54, 1.807) is 13.3 Å². The number of fused-ring (bicyclic) bond motifs is 1. The molecule has 0 fully saturated rings. The van der Waals surface area contributed by atoms with Crippen LogP contribution in [0.1, 0.15) is 37.6 Å². The Morgan fingerprint density at radius 2 is 2.08 bits per heavy atom. The number of hydrogen-bond donors (Lipinski definition) is 1. The van der Waals surface area contributed by atoms with Gasteiger partial charge in [-0.3, -0.25) is 0 Å². The van der Waals surface area contributed by atoms with Crippen molar-refractivity contribution in [3.8, 4) is 11.4 Å². The standard InChI is InChI=1S/C19H25N3O3S/c1-5-10-26(23,24)21-17-11-19(2,3)12-18-16(17)13-20-22(18)14-6-8-15(25-4)9-7-14/h5-9,13,17,21H,1,10-12H2,2-4H3/t17-/m0/s1. The number of nitrogens with one attached hydrogen (secondary N) is 1. The van der Waals surface area contributed by atoms with Crippen LogP contribution in [0.15, 0.2) is 43.1 Å². The van der Waals surface area contributed by atoms with E-state index in [2.05, 4.69) is 30.2 Å². The Morgan fingerprint density at radius 1 is 1.38 bits per heavy atom. The first-order valence-electron chi connectivity index (χ1n) is 8.57. The third kappa shape index (κ3) is 3.83. The Bertz CT molecular complexity index is 899. The van der Waals surface area contributed by atoms with Crippen molar-refractivity contribution < 1.29 is 13.2 Å². The van der Waals surface area contributed by atoms with Gasteiger partial charge < -0.3 is 4.74 Å². The van der Waals surface area contributed by atoms with Crippen LogP contribution in [0.25, 0.3) is 5.69 Å². The minimum atomic E-state index is -3.41. The monoisotopic (exact) mass is 375 g/mol. The molecule has 0 saturated carbocycles. The Kier molecular flexibility index (Phi) is 4.94. The molecule has 0 bridgehead atoms. The maximum Gasteiger partial charge on any atom is 0.215 e. The second-order valence-electron chi connectivity index (χ2n) is 7.44. The molecule has 0 amide bonds. The van der Waals surface area contributed by atoms with Gasteiger partial charge >= 0.3 is 0 Å². The zero-order valence-corrected chi connectivity index (χ0v) is 16.2. The van der Waals surface area contributed by atoms with Crippen molar-refractivity contribution in [2.24, 2.45) is 5.41 Å². The van der Waals surface area contributed by atoms with Crippen molar-refractivity contribution in [2.45, 2.75) is 32.7 Å². The van der Waals surface area contributed by atoms with Crippen LogP contribution in [0.5, 0.6) is 5.75 Å². The molecule has 0 spiro atoms. The maximum atomic E-state index is 12.2. The van der Waals surface area contributed by atoms with Crippen LogP contribution in [-0.2, 0) is 16.4 Å². The van der Waals surface area contributed by atoms with Crippen LogP contribution in [0.3, 0.4) is 0 Å². The van der Waals surface area contributed by atoms with Gasteiger partial charge in [0, 0.05) is 11.3 Å². The summed E-state index contributed by atoms with van der Waals surface area (Å²) in [6, 6.07) is 7.39. The smallest absolute Gasteiger partial charge is 0.215 e. The maximum absolute atomic E-state index is 12.2. The molecule has 0 unspecified atom stereocenters. The molecular formula is C19H25N3O3S. The molecule has 1 aliphatic rings. The third-order valence-corrected chi connectivity index (χ3v) is 5.97. The van der Waals surface area contributed by atoms with Gasteiger partial charge in [-0.25, -0.2) is 17.8 Å². The number of hydrogen-bond acceptors (Lipinski definition) is 4. The second kappa shape index (κ2) is 6.89. The number of benzene rings is 1. The van der Waals surface area contributed by atoms with Gasteiger partial charge in [0.1, 0.15) is 5.75 Å². The average molecular weight is 375 g/mol. The minimum Gasteiger partial charge on any atom is -0.497 e. The van der Waals surface area contributed by atoms with E-state index in [9.17, 15) is 8.42 Å². The zero-order valence-electron chi connectivity index (χ0n) is 15.4. The first-order valence-corrected chi connectivity index (χ1v) is 10.2. The molecule has 0 aliphatic heterocycles. The summed E-state index contributed by atoms with van der Waals surface area (Å²) in [7, 11) is -1.78. The lowest BCUT2D eigenvalue weighted by molar-refractivity contribution is 0.269. The van der Waals surface area contributed by atoms with Crippen LogP contribution in [0, 0.1) is 5.41 Å². The summed E-state index contributed by atoms with van der Waals surface area (Å²) in [6.07, 6.45) is 4.73. The predicted molar refractivity (Wildman–Crippen MR) is 102 cm³/mol. The molecule has 0 saturated heterocycles. The molecule has 7 heteroatoms. The highest BCUT2D eigenvalue weighted by Crippen LogP contribution is 2.41. The van der Waals surface area contributed by atoms with Gasteiger partial charge in [0.05, 0.1) is 30.8 Å². The van der Waals surface area contributed by atoms with E-state index in [0.717, 1.165) is 35.5 Å². The van der Waals surface area contributed by atoms with Crippen LogP contribution < -0.4 is 9.46 Å². The van der Waals surface area contributed by atoms with Crippen LogP contribution in [-0.4, -0.2) is 31.1 Å². The summed E-state index contributed by atoms with van der Waals surface area (Å²) < 4.78 is 34.4. The van der Waals surface area contributed by atoms with Gasteiger partial charge in [-0.2, -0.15) is 5.10 Å². The van der Waals surface area contributed by atoms with Crippen molar-refractivity contribution in [3.63, 3.8) is 0 Å². The molecule has 6 nitrogen and oxygen atoms in total. The quantitative estimate of drug-likeness (QED) is 0.788. The van der Waals surface area contributed by atoms with Crippen molar-refractivity contribution in [2.75, 3.05) is 12.9 Å². The number of ether oxygens (including phenoxy) is 1. The number of aromatic nitrogens is 2. The Labute approximate surface area is 154 Å². The van der Waals surface area contributed by atoms with Gasteiger partial charge in [-0.05, 0) is 42.5 Å². The van der Waals surface area contributed by atoms with Crippen LogP contribution >= 0.6 is 0 Å². The highest BCUT2D eigenvalue weighted by molar-refractivity contribution is 7.89. The largest absolute Gasteiger partial charge is 0.497 e. The summed E-state index contributed by atoms with van der Waals surface area (Å²) in [6.45, 7) is 7.82. The molecule has 1 atom stereocenters. The molecule has 3 rings (SSSR count). The van der Waals surface area contributed by atoms with Gasteiger partial charge in [0.15, 0.2) is 0 Å². The van der Waals surface area contributed by atoms with Crippen molar-refractivity contribution in [1.29, 1.82) is 0 Å². The normalized spacial score (nSPS) is 19.0. The highest BCUT2D eigenvalue weighted by Gasteiger charge is 2.36. The van der Waals surface area contributed by atoms with E-state index in [0.29, 0.717) is 0 Å². The molecule has 140 valence electrons. The summed E-state index contributed by atoms with van der Waals surface area (Å²) in [5, 5.41) is 4.54. The SMILES string of the molecule is C=CCS(=O)(=O)N[C@H]1CC(C)(C)Cc2c1cnn2-c1ccc(OC)cc1. The summed E-state index contributed by atoms with van der Waals surface area (Å²) in [5.74, 6) is 0.691. The fraction of sp³-hybridized carbons (Fsp3) is 0.421. The van der Waals surface area contributed by atoms with Gasteiger partial charge in [-0.1, -0.05) is 19.9 Å². The fourth-order valence-electron chi connectivity index (χ4n) is 3.51. The summed E-state index contributed by atoms with van der Waals surface area (Å²) in [5.41, 5.74) is 2.86. The van der Waals surface area contributed by atoms with Crippen molar-refractivity contribution in [3.05, 3.63) is 54.4 Å².